The lowest BCUT2D eigenvalue weighted by molar-refractivity contribution is -0.139. The van der Waals surface area contributed by atoms with Crippen molar-refractivity contribution in [2.45, 2.75) is 12.5 Å². The monoisotopic (exact) mass is 209 g/mol. The topological polar surface area (TPSA) is 61.6 Å². The standard InChI is InChI=1S/C11H15NO3/c1-11(15-3,10(12)13)8-4-6-9(14-2)7-5-8/h4-7H,1-3H3,(H2,12,13). The average Bonchev–Trinajstić information content (AvgIpc) is 2.28. The lowest BCUT2D eigenvalue weighted by Gasteiger charge is -2.24. The molecule has 82 valence electrons. The van der Waals surface area contributed by atoms with E-state index in [0.29, 0.717) is 5.56 Å². The molecule has 0 aliphatic rings. The first kappa shape index (κ1) is 11.5. The Morgan fingerprint density at radius 1 is 1.27 bits per heavy atom. The normalized spacial score (nSPS) is 14.3. The molecule has 1 atom stereocenters. The van der Waals surface area contributed by atoms with Crippen molar-refractivity contribution in [2.24, 2.45) is 5.73 Å². The fraction of sp³-hybridized carbons (Fsp3) is 0.364. The molecule has 0 heterocycles. The van der Waals surface area contributed by atoms with Crippen molar-refractivity contribution in [3.63, 3.8) is 0 Å². The fourth-order valence-electron chi connectivity index (χ4n) is 1.27. The highest BCUT2D eigenvalue weighted by Crippen LogP contribution is 2.25. The molecule has 1 unspecified atom stereocenters. The molecule has 0 radical (unpaired) electrons. The van der Waals surface area contributed by atoms with Gasteiger partial charge in [-0.1, -0.05) is 12.1 Å². The Hall–Kier alpha value is -1.55. The summed E-state index contributed by atoms with van der Waals surface area (Å²) in [4.78, 5) is 11.3. The number of benzene rings is 1. The van der Waals surface area contributed by atoms with Crippen molar-refractivity contribution in [1.29, 1.82) is 0 Å². The smallest absolute Gasteiger partial charge is 0.254 e. The third kappa shape index (κ3) is 2.10. The first-order valence-corrected chi connectivity index (χ1v) is 4.54. The summed E-state index contributed by atoms with van der Waals surface area (Å²) < 4.78 is 10.2. The van der Waals surface area contributed by atoms with E-state index in [1.807, 2.05) is 0 Å². The zero-order valence-electron chi connectivity index (χ0n) is 9.11. The quantitative estimate of drug-likeness (QED) is 0.806. The molecule has 0 aromatic heterocycles. The van der Waals surface area contributed by atoms with E-state index < -0.39 is 11.5 Å². The van der Waals surface area contributed by atoms with Crippen LogP contribution in [0, 0.1) is 0 Å². The Bertz CT molecular complexity index is 347. The van der Waals surface area contributed by atoms with Gasteiger partial charge in [0.25, 0.3) is 5.91 Å². The number of amides is 1. The second-order valence-corrected chi connectivity index (χ2v) is 3.33. The molecule has 0 fully saturated rings. The number of ether oxygens (including phenoxy) is 2. The summed E-state index contributed by atoms with van der Waals surface area (Å²) in [5.41, 5.74) is 4.90. The number of carbonyl (C=O) groups excluding carboxylic acids is 1. The molecular weight excluding hydrogens is 194 g/mol. The summed E-state index contributed by atoms with van der Waals surface area (Å²) in [5, 5.41) is 0. The van der Waals surface area contributed by atoms with Crippen LogP contribution in [0.25, 0.3) is 0 Å². The van der Waals surface area contributed by atoms with E-state index in [1.165, 1.54) is 7.11 Å². The first-order valence-electron chi connectivity index (χ1n) is 4.54. The first-order chi connectivity index (χ1) is 7.04. The van der Waals surface area contributed by atoms with Gasteiger partial charge in [0.05, 0.1) is 7.11 Å². The third-order valence-electron chi connectivity index (χ3n) is 2.52. The van der Waals surface area contributed by atoms with Crippen LogP contribution in [0.15, 0.2) is 24.3 Å². The van der Waals surface area contributed by atoms with E-state index in [2.05, 4.69) is 0 Å². The van der Waals surface area contributed by atoms with Crippen LogP contribution in [-0.4, -0.2) is 20.1 Å². The van der Waals surface area contributed by atoms with Gasteiger partial charge in [0.15, 0.2) is 5.60 Å². The van der Waals surface area contributed by atoms with Gasteiger partial charge in [-0.2, -0.15) is 0 Å². The molecule has 1 amide bonds. The van der Waals surface area contributed by atoms with Gasteiger partial charge in [-0.3, -0.25) is 4.79 Å². The molecule has 1 aromatic carbocycles. The van der Waals surface area contributed by atoms with Gasteiger partial charge < -0.3 is 15.2 Å². The molecule has 4 nitrogen and oxygen atoms in total. The highest BCUT2D eigenvalue weighted by atomic mass is 16.5. The van der Waals surface area contributed by atoms with Gasteiger partial charge in [-0.25, -0.2) is 0 Å². The van der Waals surface area contributed by atoms with Crippen LogP contribution in [-0.2, 0) is 15.1 Å². The van der Waals surface area contributed by atoms with Crippen molar-refractivity contribution in [3.8, 4) is 5.75 Å². The summed E-state index contributed by atoms with van der Waals surface area (Å²) in [6.07, 6.45) is 0. The molecule has 15 heavy (non-hydrogen) atoms. The molecule has 0 bridgehead atoms. The van der Waals surface area contributed by atoms with Crippen LogP contribution in [0.3, 0.4) is 0 Å². The van der Waals surface area contributed by atoms with Crippen LogP contribution < -0.4 is 10.5 Å². The SMILES string of the molecule is COc1ccc(C(C)(OC)C(N)=O)cc1. The van der Waals surface area contributed by atoms with E-state index in [9.17, 15) is 4.79 Å². The maximum absolute atomic E-state index is 11.3. The summed E-state index contributed by atoms with van der Waals surface area (Å²) in [6.45, 7) is 1.64. The van der Waals surface area contributed by atoms with E-state index in [-0.39, 0.29) is 0 Å². The third-order valence-corrected chi connectivity index (χ3v) is 2.52. The summed E-state index contributed by atoms with van der Waals surface area (Å²) in [7, 11) is 3.04. The summed E-state index contributed by atoms with van der Waals surface area (Å²) in [6, 6.07) is 7.03. The minimum atomic E-state index is -1.09. The van der Waals surface area contributed by atoms with Gasteiger partial charge in [0.1, 0.15) is 5.75 Å². The molecule has 2 N–H and O–H groups in total. The van der Waals surface area contributed by atoms with Gasteiger partial charge in [0.2, 0.25) is 0 Å². The summed E-state index contributed by atoms with van der Waals surface area (Å²) in [5.74, 6) is 0.205. The zero-order valence-corrected chi connectivity index (χ0v) is 9.11. The number of methoxy groups -OCH3 is 2. The second-order valence-electron chi connectivity index (χ2n) is 3.33. The molecule has 0 saturated heterocycles. The minimum Gasteiger partial charge on any atom is -0.497 e. The van der Waals surface area contributed by atoms with Crippen LogP contribution in [0.1, 0.15) is 12.5 Å². The molecule has 0 aliphatic carbocycles. The zero-order chi connectivity index (χ0) is 11.5. The van der Waals surface area contributed by atoms with Gasteiger partial charge in [-0.05, 0) is 24.6 Å². The number of hydrogen-bond acceptors (Lipinski definition) is 3. The van der Waals surface area contributed by atoms with E-state index in [0.717, 1.165) is 5.75 Å². The van der Waals surface area contributed by atoms with E-state index >= 15 is 0 Å². The lowest BCUT2D eigenvalue weighted by atomic mass is 9.95. The maximum Gasteiger partial charge on any atom is 0.254 e. The van der Waals surface area contributed by atoms with Crippen molar-refractivity contribution in [2.75, 3.05) is 14.2 Å². The van der Waals surface area contributed by atoms with Crippen molar-refractivity contribution in [1.82, 2.24) is 0 Å². The summed E-state index contributed by atoms with van der Waals surface area (Å²) >= 11 is 0. The number of hydrogen-bond donors (Lipinski definition) is 1. The Labute approximate surface area is 89.0 Å². The number of carbonyl (C=O) groups is 1. The Morgan fingerprint density at radius 3 is 2.13 bits per heavy atom. The number of primary amides is 1. The fourth-order valence-corrected chi connectivity index (χ4v) is 1.27. The molecule has 0 saturated carbocycles. The largest absolute Gasteiger partial charge is 0.497 e. The van der Waals surface area contributed by atoms with Crippen molar-refractivity contribution >= 4 is 5.91 Å². The minimum absolute atomic E-state index is 0.518. The number of nitrogens with two attached hydrogens (primary N) is 1. The van der Waals surface area contributed by atoms with Gasteiger partial charge in [-0.15, -0.1) is 0 Å². The van der Waals surface area contributed by atoms with E-state index in [4.69, 9.17) is 15.2 Å². The molecule has 0 spiro atoms. The van der Waals surface area contributed by atoms with Crippen LogP contribution in [0.4, 0.5) is 0 Å². The van der Waals surface area contributed by atoms with Crippen LogP contribution in [0.2, 0.25) is 0 Å². The molecule has 1 rings (SSSR count). The predicted octanol–water partition coefficient (Wildman–Crippen LogP) is 1.04. The van der Waals surface area contributed by atoms with E-state index in [1.54, 1.807) is 38.3 Å². The molecule has 0 aliphatic heterocycles. The van der Waals surface area contributed by atoms with Crippen LogP contribution in [0.5, 0.6) is 5.75 Å². The predicted molar refractivity (Wildman–Crippen MR) is 56.5 cm³/mol. The molecule has 1 aromatic rings. The molecule has 4 heteroatoms. The van der Waals surface area contributed by atoms with Gasteiger partial charge >= 0.3 is 0 Å². The van der Waals surface area contributed by atoms with Gasteiger partial charge in [0, 0.05) is 7.11 Å². The Morgan fingerprint density at radius 2 is 1.80 bits per heavy atom. The highest BCUT2D eigenvalue weighted by molar-refractivity contribution is 5.84. The van der Waals surface area contributed by atoms with Crippen LogP contribution >= 0.6 is 0 Å². The highest BCUT2D eigenvalue weighted by Gasteiger charge is 2.32. The number of rotatable bonds is 4. The van der Waals surface area contributed by atoms with Crippen molar-refractivity contribution in [3.05, 3.63) is 29.8 Å². The molecular formula is C11H15NO3. The average molecular weight is 209 g/mol. The second kappa shape index (κ2) is 4.31. The Kier molecular flexibility index (Phi) is 3.31. The lowest BCUT2D eigenvalue weighted by Crippen LogP contribution is -2.40. The van der Waals surface area contributed by atoms with Crippen molar-refractivity contribution < 1.29 is 14.3 Å². The Balaban J connectivity index is 3.08. The maximum atomic E-state index is 11.3.